The Balaban J connectivity index is 3.13. The van der Waals surface area contributed by atoms with Crippen LogP contribution in [0.4, 0.5) is 13.2 Å². The molecule has 3 nitrogen and oxygen atoms in total. The lowest BCUT2D eigenvalue weighted by molar-refractivity contribution is -0.138. The number of primary amides is 1. The maximum absolute atomic E-state index is 12.4. The predicted molar refractivity (Wildman–Crippen MR) is 51.3 cm³/mol. The molecular weight excluding hydrogens is 223 g/mol. The van der Waals surface area contributed by atoms with Crippen LogP contribution in [0.3, 0.4) is 0 Å². The van der Waals surface area contributed by atoms with Crippen molar-refractivity contribution in [3.05, 3.63) is 35.4 Å². The minimum atomic E-state index is -4.64. The van der Waals surface area contributed by atoms with Crippen molar-refractivity contribution >= 4 is 12.0 Å². The van der Waals surface area contributed by atoms with E-state index >= 15 is 0 Å². The smallest absolute Gasteiger partial charge is 0.419 e. The zero-order chi connectivity index (χ0) is 12.3. The van der Waals surface area contributed by atoms with Gasteiger partial charge >= 0.3 is 6.18 Å². The van der Waals surface area contributed by atoms with Crippen LogP contribution in [-0.4, -0.2) is 11.0 Å². The second-order valence-corrected chi connectivity index (χ2v) is 3.01. The normalized spacial score (nSPS) is 11.9. The third kappa shape index (κ3) is 3.01. The van der Waals surface area contributed by atoms with Gasteiger partial charge in [-0.15, -0.1) is 0 Å². The van der Waals surface area contributed by atoms with Crippen molar-refractivity contribution < 1.29 is 23.1 Å². The van der Waals surface area contributed by atoms with E-state index in [1.807, 2.05) is 0 Å². The summed E-state index contributed by atoms with van der Waals surface area (Å²) in [6.45, 7) is 0. The van der Waals surface area contributed by atoms with Gasteiger partial charge in [0.05, 0.1) is 5.56 Å². The summed E-state index contributed by atoms with van der Waals surface area (Å²) in [6, 6.07) is 2.88. The number of hydrogen-bond acceptors (Lipinski definition) is 2. The molecule has 16 heavy (non-hydrogen) atoms. The number of phenols is 1. The molecule has 0 bridgehead atoms. The highest BCUT2D eigenvalue weighted by Gasteiger charge is 2.33. The molecule has 3 N–H and O–H groups in total. The Hall–Kier alpha value is -1.98. The molecule has 0 aliphatic rings. The maximum atomic E-state index is 12.4. The van der Waals surface area contributed by atoms with Crippen LogP contribution in [0.15, 0.2) is 24.3 Å². The number of aromatic hydroxyl groups is 1. The summed E-state index contributed by atoms with van der Waals surface area (Å²) in [5.41, 5.74) is 3.77. The minimum absolute atomic E-state index is 0.129. The summed E-state index contributed by atoms with van der Waals surface area (Å²) in [7, 11) is 0. The largest absolute Gasteiger partial charge is 0.507 e. The highest BCUT2D eigenvalue weighted by molar-refractivity contribution is 5.90. The Bertz CT molecular complexity index is 438. The Labute approximate surface area is 89.0 Å². The van der Waals surface area contributed by atoms with E-state index in [0.717, 1.165) is 24.3 Å². The first-order valence-electron chi connectivity index (χ1n) is 4.18. The van der Waals surface area contributed by atoms with Crippen LogP contribution in [0.1, 0.15) is 11.1 Å². The molecule has 86 valence electrons. The Kier molecular flexibility index (Phi) is 3.22. The quantitative estimate of drug-likeness (QED) is 0.763. The number of halogens is 3. The molecule has 0 aliphatic heterocycles. The zero-order valence-corrected chi connectivity index (χ0v) is 7.95. The number of nitrogens with two attached hydrogens (primary N) is 1. The third-order valence-corrected chi connectivity index (χ3v) is 1.77. The fourth-order valence-corrected chi connectivity index (χ4v) is 1.06. The molecule has 0 atom stereocenters. The van der Waals surface area contributed by atoms with Crippen molar-refractivity contribution in [2.45, 2.75) is 6.18 Å². The van der Waals surface area contributed by atoms with E-state index in [9.17, 15) is 18.0 Å². The van der Waals surface area contributed by atoms with Gasteiger partial charge in [0.2, 0.25) is 5.91 Å². The summed E-state index contributed by atoms with van der Waals surface area (Å²) in [6.07, 6.45) is -2.57. The van der Waals surface area contributed by atoms with Crippen LogP contribution in [0.5, 0.6) is 5.75 Å². The zero-order valence-electron chi connectivity index (χ0n) is 7.95. The molecule has 0 saturated heterocycles. The van der Waals surface area contributed by atoms with Gasteiger partial charge in [-0.1, -0.05) is 6.07 Å². The van der Waals surface area contributed by atoms with Crippen LogP contribution in [-0.2, 0) is 11.0 Å². The SMILES string of the molecule is NC(=O)/C=C\c1ccc(O)c(C(F)(F)F)c1. The molecule has 0 aliphatic carbocycles. The van der Waals surface area contributed by atoms with Gasteiger partial charge in [0, 0.05) is 6.08 Å². The summed E-state index contributed by atoms with van der Waals surface area (Å²) < 4.78 is 37.1. The fourth-order valence-electron chi connectivity index (χ4n) is 1.06. The number of rotatable bonds is 2. The van der Waals surface area contributed by atoms with Gasteiger partial charge < -0.3 is 10.8 Å². The molecule has 1 amide bonds. The van der Waals surface area contributed by atoms with Crippen LogP contribution in [0.2, 0.25) is 0 Å². The second-order valence-electron chi connectivity index (χ2n) is 3.01. The molecule has 1 rings (SSSR count). The average molecular weight is 231 g/mol. The number of alkyl halides is 3. The molecule has 6 heteroatoms. The standard InChI is InChI=1S/C10H8F3NO2/c11-10(12,13)7-5-6(1-3-8(7)15)2-4-9(14)16/h1-5,15H,(H2,14,16)/b4-2-. The van der Waals surface area contributed by atoms with E-state index in [2.05, 4.69) is 0 Å². The van der Waals surface area contributed by atoms with Crippen molar-refractivity contribution in [3.63, 3.8) is 0 Å². The molecule has 0 unspecified atom stereocenters. The van der Waals surface area contributed by atoms with Crippen molar-refractivity contribution in [3.8, 4) is 5.75 Å². The van der Waals surface area contributed by atoms with Crippen LogP contribution in [0, 0.1) is 0 Å². The molecule has 0 aromatic heterocycles. The molecule has 0 spiro atoms. The highest BCUT2D eigenvalue weighted by atomic mass is 19.4. The lowest BCUT2D eigenvalue weighted by Gasteiger charge is -2.09. The fraction of sp³-hybridized carbons (Fsp3) is 0.100. The van der Waals surface area contributed by atoms with E-state index < -0.39 is 23.4 Å². The molecule has 0 heterocycles. The van der Waals surface area contributed by atoms with E-state index in [1.54, 1.807) is 0 Å². The average Bonchev–Trinajstić information content (AvgIpc) is 2.14. The second kappa shape index (κ2) is 4.26. The first-order chi connectivity index (χ1) is 7.30. The molecular formula is C10H8F3NO2. The molecule has 0 fully saturated rings. The van der Waals surface area contributed by atoms with Gasteiger partial charge in [-0.3, -0.25) is 4.79 Å². The van der Waals surface area contributed by atoms with Gasteiger partial charge in [-0.05, 0) is 23.8 Å². The van der Waals surface area contributed by atoms with Crippen LogP contribution in [0.25, 0.3) is 6.08 Å². The Morgan fingerprint density at radius 3 is 2.50 bits per heavy atom. The lowest BCUT2D eigenvalue weighted by Crippen LogP contribution is -2.06. The van der Waals surface area contributed by atoms with Gasteiger partial charge in [0.25, 0.3) is 0 Å². The number of hydrogen-bond donors (Lipinski definition) is 2. The van der Waals surface area contributed by atoms with Gasteiger partial charge in [0.15, 0.2) is 0 Å². The van der Waals surface area contributed by atoms with Crippen LogP contribution < -0.4 is 5.73 Å². The summed E-state index contributed by atoms with van der Waals surface area (Å²) in [5.74, 6) is -1.62. The minimum Gasteiger partial charge on any atom is -0.507 e. The summed E-state index contributed by atoms with van der Waals surface area (Å²) >= 11 is 0. The van der Waals surface area contributed by atoms with E-state index in [4.69, 9.17) is 10.8 Å². The van der Waals surface area contributed by atoms with Crippen molar-refractivity contribution in [2.24, 2.45) is 5.73 Å². The van der Waals surface area contributed by atoms with Crippen molar-refractivity contribution in [1.82, 2.24) is 0 Å². The van der Waals surface area contributed by atoms with Gasteiger partial charge in [-0.25, -0.2) is 0 Å². The first kappa shape index (κ1) is 12.1. The van der Waals surface area contributed by atoms with E-state index in [0.29, 0.717) is 0 Å². The number of phenolic OH excluding ortho intramolecular Hbond substituents is 1. The molecule has 1 aromatic rings. The summed E-state index contributed by atoms with van der Waals surface area (Å²) in [5, 5.41) is 9.01. The molecule has 1 aromatic carbocycles. The number of amides is 1. The predicted octanol–water partition coefficient (Wildman–Crippen LogP) is 1.91. The Morgan fingerprint density at radius 2 is 2.00 bits per heavy atom. The number of carbonyl (C=O) groups excluding carboxylic acids is 1. The van der Waals surface area contributed by atoms with E-state index in [1.165, 1.54) is 6.07 Å². The lowest BCUT2D eigenvalue weighted by atomic mass is 10.1. The van der Waals surface area contributed by atoms with Crippen molar-refractivity contribution in [1.29, 1.82) is 0 Å². The van der Waals surface area contributed by atoms with Gasteiger partial charge in [-0.2, -0.15) is 13.2 Å². The topological polar surface area (TPSA) is 63.3 Å². The first-order valence-corrected chi connectivity index (χ1v) is 4.18. The monoisotopic (exact) mass is 231 g/mol. The Morgan fingerprint density at radius 1 is 1.38 bits per heavy atom. The molecule has 0 radical (unpaired) electrons. The third-order valence-electron chi connectivity index (χ3n) is 1.77. The van der Waals surface area contributed by atoms with Crippen molar-refractivity contribution in [2.75, 3.05) is 0 Å². The number of carbonyl (C=O) groups is 1. The van der Waals surface area contributed by atoms with Crippen LogP contribution >= 0.6 is 0 Å². The molecule has 0 saturated carbocycles. The summed E-state index contributed by atoms with van der Waals surface area (Å²) in [4.78, 5) is 10.4. The highest BCUT2D eigenvalue weighted by Crippen LogP contribution is 2.36. The van der Waals surface area contributed by atoms with Gasteiger partial charge in [0.1, 0.15) is 5.75 Å². The number of benzene rings is 1. The maximum Gasteiger partial charge on any atom is 0.419 e. The van der Waals surface area contributed by atoms with E-state index in [-0.39, 0.29) is 5.56 Å².